The molecule has 1 fully saturated rings. The van der Waals surface area contributed by atoms with E-state index in [1.54, 1.807) is 6.26 Å². The number of amides is 2. The first-order valence-electron chi connectivity index (χ1n) is 10.0. The number of hydrogen-bond acceptors (Lipinski definition) is 4. The maximum atomic E-state index is 12.7. The number of benzene rings is 2. The number of anilines is 1. The molecule has 150 valence electrons. The molecule has 3 aromatic rings. The number of piperidine rings is 1. The Morgan fingerprint density at radius 3 is 2.59 bits per heavy atom. The topological polar surface area (TPSA) is 67.6 Å². The fourth-order valence-corrected chi connectivity index (χ4v) is 3.62. The second kappa shape index (κ2) is 9.28. The fourth-order valence-electron chi connectivity index (χ4n) is 3.62. The first-order chi connectivity index (χ1) is 14.3. The van der Waals surface area contributed by atoms with Gasteiger partial charge in [0, 0.05) is 31.5 Å². The van der Waals surface area contributed by atoms with Crippen molar-refractivity contribution in [1.29, 1.82) is 0 Å². The van der Waals surface area contributed by atoms with Crippen molar-refractivity contribution in [3.63, 3.8) is 0 Å². The van der Waals surface area contributed by atoms with E-state index in [-0.39, 0.29) is 6.03 Å². The summed E-state index contributed by atoms with van der Waals surface area (Å²) in [6.07, 6.45) is 4.19. The van der Waals surface area contributed by atoms with E-state index in [0.717, 1.165) is 25.0 Å². The number of rotatable bonds is 6. The molecule has 29 heavy (non-hydrogen) atoms. The Hall–Kier alpha value is -3.28. The van der Waals surface area contributed by atoms with Gasteiger partial charge in [0.1, 0.15) is 12.0 Å². The predicted molar refractivity (Wildman–Crippen MR) is 111 cm³/mol. The lowest BCUT2D eigenvalue weighted by Crippen LogP contribution is -2.40. The highest BCUT2D eigenvalue weighted by Crippen LogP contribution is 2.28. The molecule has 1 saturated heterocycles. The standard InChI is InChI=1S/C23H25N3O3/c27-23(26-14-10-19(11-15-26)20-13-17-29-25-20)24-21-8-4-5-9-22(21)28-16-12-18-6-2-1-3-7-18/h1-9,13,17,19H,10-12,14-16H2,(H,24,27). The highest BCUT2D eigenvalue weighted by Gasteiger charge is 2.25. The number of ether oxygens (including phenoxy) is 1. The third kappa shape index (κ3) is 4.96. The van der Waals surface area contributed by atoms with Crippen molar-refractivity contribution in [3.05, 3.63) is 78.2 Å². The Morgan fingerprint density at radius 1 is 1.07 bits per heavy atom. The molecule has 0 saturated carbocycles. The lowest BCUT2D eigenvalue weighted by atomic mass is 9.94. The zero-order valence-corrected chi connectivity index (χ0v) is 16.3. The largest absolute Gasteiger partial charge is 0.491 e. The molecule has 2 heterocycles. The van der Waals surface area contributed by atoms with Crippen LogP contribution in [0, 0.1) is 0 Å². The van der Waals surface area contributed by atoms with Crippen LogP contribution in [0.5, 0.6) is 5.75 Å². The predicted octanol–water partition coefficient (Wildman–Crippen LogP) is 4.71. The van der Waals surface area contributed by atoms with Gasteiger partial charge < -0.3 is 19.5 Å². The van der Waals surface area contributed by atoms with Crippen molar-refractivity contribution < 1.29 is 14.1 Å². The molecule has 0 atom stereocenters. The average molecular weight is 391 g/mol. The van der Waals surface area contributed by atoms with Crippen molar-refractivity contribution in [1.82, 2.24) is 10.1 Å². The van der Waals surface area contributed by atoms with Crippen LogP contribution >= 0.6 is 0 Å². The summed E-state index contributed by atoms with van der Waals surface area (Å²) in [6, 6.07) is 19.6. The van der Waals surface area contributed by atoms with Crippen LogP contribution < -0.4 is 10.1 Å². The van der Waals surface area contributed by atoms with E-state index in [9.17, 15) is 4.79 Å². The molecule has 1 aliphatic rings. The molecule has 6 heteroatoms. The summed E-state index contributed by atoms with van der Waals surface area (Å²) in [6.45, 7) is 1.95. The SMILES string of the molecule is O=C(Nc1ccccc1OCCc1ccccc1)N1CCC(c2ccon2)CC1. The van der Waals surface area contributed by atoms with E-state index in [1.165, 1.54) is 5.56 Å². The molecule has 1 aromatic heterocycles. The maximum Gasteiger partial charge on any atom is 0.321 e. The van der Waals surface area contributed by atoms with Gasteiger partial charge in [0.15, 0.2) is 0 Å². The molecule has 2 aromatic carbocycles. The highest BCUT2D eigenvalue weighted by molar-refractivity contribution is 5.91. The number of likely N-dealkylation sites (tertiary alicyclic amines) is 1. The summed E-state index contributed by atoms with van der Waals surface area (Å²) in [5.41, 5.74) is 2.90. The van der Waals surface area contributed by atoms with Crippen molar-refractivity contribution in [2.45, 2.75) is 25.2 Å². The summed E-state index contributed by atoms with van der Waals surface area (Å²) < 4.78 is 10.9. The number of nitrogens with zero attached hydrogens (tertiary/aromatic N) is 2. The summed E-state index contributed by atoms with van der Waals surface area (Å²) in [5.74, 6) is 1.04. The third-order valence-corrected chi connectivity index (χ3v) is 5.28. The number of carbonyl (C=O) groups is 1. The van der Waals surface area contributed by atoms with E-state index in [1.807, 2.05) is 53.4 Å². The minimum atomic E-state index is -0.0947. The molecule has 0 spiro atoms. The van der Waals surface area contributed by atoms with Crippen molar-refractivity contribution in [2.75, 3.05) is 25.0 Å². The van der Waals surface area contributed by atoms with Crippen LogP contribution in [0.4, 0.5) is 10.5 Å². The third-order valence-electron chi connectivity index (χ3n) is 5.28. The van der Waals surface area contributed by atoms with Crippen molar-refractivity contribution in [2.24, 2.45) is 0 Å². The van der Waals surface area contributed by atoms with Gasteiger partial charge in [0.05, 0.1) is 18.0 Å². The second-order valence-electron chi connectivity index (χ2n) is 7.20. The quantitative estimate of drug-likeness (QED) is 0.661. The first-order valence-corrected chi connectivity index (χ1v) is 10.0. The summed E-state index contributed by atoms with van der Waals surface area (Å²) in [7, 11) is 0. The Labute approximate surface area is 170 Å². The van der Waals surface area contributed by atoms with Crippen LogP contribution in [0.25, 0.3) is 0 Å². The zero-order chi connectivity index (χ0) is 19.9. The van der Waals surface area contributed by atoms with E-state index < -0.39 is 0 Å². The Morgan fingerprint density at radius 2 is 1.83 bits per heavy atom. The minimum Gasteiger partial charge on any atom is -0.491 e. The lowest BCUT2D eigenvalue weighted by Gasteiger charge is -2.31. The van der Waals surface area contributed by atoms with Gasteiger partial charge in [-0.3, -0.25) is 0 Å². The molecule has 0 aliphatic carbocycles. The molecule has 1 N–H and O–H groups in total. The molecule has 0 bridgehead atoms. The molecule has 4 rings (SSSR count). The van der Waals surface area contributed by atoms with E-state index in [0.29, 0.717) is 37.1 Å². The molecule has 6 nitrogen and oxygen atoms in total. The fraction of sp³-hybridized carbons (Fsp3) is 0.304. The van der Waals surface area contributed by atoms with Gasteiger partial charge in [-0.15, -0.1) is 0 Å². The summed E-state index contributed by atoms with van der Waals surface area (Å²) in [5, 5.41) is 7.04. The van der Waals surface area contributed by atoms with Crippen LogP contribution in [0.2, 0.25) is 0 Å². The van der Waals surface area contributed by atoms with Gasteiger partial charge in [-0.05, 0) is 30.5 Å². The molecule has 0 unspecified atom stereocenters. The molecular formula is C23H25N3O3. The Kier molecular flexibility index (Phi) is 6.10. The zero-order valence-electron chi connectivity index (χ0n) is 16.3. The molecule has 0 radical (unpaired) electrons. The van der Waals surface area contributed by atoms with Crippen molar-refractivity contribution in [3.8, 4) is 5.75 Å². The average Bonchev–Trinajstić information content (AvgIpc) is 3.31. The number of urea groups is 1. The summed E-state index contributed by atoms with van der Waals surface area (Å²) >= 11 is 0. The molecule has 2 amide bonds. The smallest absolute Gasteiger partial charge is 0.321 e. The normalized spacial score (nSPS) is 14.6. The molecule has 1 aliphatic heterocycles. The monoisotopic (exact) mass is 391 g/mol. The number of nitrogens with one attached hydrogen (secondary N) is 1. The first kappa shape index (κ1) is 19.1. The van der Waals surface area contributed by atoms with Gasteiger partial charge in [-0.25, -0.2) is 4.79 Å². The number of aromatic nitrogens is 1. The molecular weight excluding hydrogens is 366 g/mol. The number of carbonyl (C=O) groups excluding carboxylic acids is 1. The van der Waals surface area contributed by atoms with Crippen molar-refractivity contribution >= 4 is 11.7 Å². The Balaban J connectivity index is 1.30. The lowest BCUT2D eigenvalue weighted by molar-refractivity contribution is 0.193. The van der Waals surface area contributed by atoms with Crippen LogP contribution in [0.3, 0.4) is 0 Å². The van der Waals surface area contributed by atoms with Gasteiger partial charge >= 0.3 is 6.03 Å². The second-order valence-corrected chi connectivity index (χ2v) is 7.20. The van der Waals surface area contributed by atoms with E-state index in [2.05, 4.69) is 22.6 Å². The Bertz CT molecular complexity index is 904. The summed E-state index contributed by atoms with van der Waals surface area (Å²) in [4.78, 5) is 14.6. The highest BCUT2D eigenvalue weighted by atomic mass is 16.5. The van der Waals surface area contributed by atoms with Gasteiger partial charge in [-0.1, -0.05) is 47.6 Å². The number of hydrogen-bond donors (Lipinski definition) is 1. The van der Waals surface area contributed by atoms with Gasteiger partial charge in [0.25, 0.3) is 0 Å². The van der Waals surface area contributed by atoms with Crippen LogP contribution in [-0.4, -0.2) is 35.8 Å². The van der Waals surface area contributed by atoms with Crippen LogP contribution in [0.15, 0.2) is 71.4 Å². The van der Waals surface area contributed by atoms with E-state index >= 15 is 0 Å². The van der Waals surface area contributed by atoms with Crippen LogP contribution in [-0.2, 0) is 6.42 Å². The minimum absolute atomic E-state index is 0.0947. The van der Waals surface area contributed by atoms with Crippen LogP contribution in [0.1, 0.15) is 30.0 Å². The van der Waals surface area contributed by atoms with E-state index in [4.69, 9.17) is 9.26 Å². The van der Waals surface area contributed by atoms with Gasteiger partial charge in [-0.2, -0.15) is 0 Å². The number of para-hydroxylation sites is 2. The maximum absolute atomic E-state index is 12.7. The van der Waals surface area contributed by atoms with Gasteiger partial charge in [0.2, 0.25) is 0 Å².